The quantitative estimate of drug-likeness (QED) is 0.652. The molecule has 5 heteroatoms. The molecule has 2 aromatic rings. The van der Waals surface area contributed by atoms with Crippen LogP contribution in [0.4, 0.5) is 4.39 Å². The van der Waals surface area contributed by atoms with E-state index in [9.17, 15) is 4.39 Å². The first-order valence-electron chi connectivity index (χ1n) is 5.15. The molecule has 90 valence electrons. The van der Waals surface area contributed by atoms with E-state index in [1.165, 1.54) is 6.07 Å². The number of nitrogens with one attached hydrogen (secondary N) is 1. The first-order valence-corrected chi connectivity index (χ1v) is 5.53. The molecule has 0 aliphatic carbocycles. The molecule has 0 aliphatic heterocycles. The molecular formula is C12H12ClFN2O. The van der Waals surface area contributed by atoms with Gasteiger partial charge in [-0.15, -0.1) is 0 Å². The predicted octanol–water partition coefficient (Wildman–Crippen LogP) is 2.82. The second-order valence-electron chi connectivity index (χ2n) is 3.66. The zero-order chi connectivity index (χ0) is 12.3. The fourth-order valence-corrected chi connectivity index (χ4v) is 1.79. The Morgan fingerprint density at radius 2 is 2.06 bits per heavy atom. The number of halogens is 2. The van der Waals surface area contributed by atoms with Crippen molar-refractivity contribution in [3.05, 3.63) is 58.8 Å². The van der Waals surface area contributed by atoms with E-state index in [1.54, 1.807) is 30.3 Å². The van der Waals surface area contributed by atoms with Crippen molar-refractivity contribution in [2.75, 3.05) is 0 Å². The second-order valence-corrected chi connectivity index (χ2v) is 4.03. The van der Waals surface area contributed by atoms with Crippen LogP contribution >= 0.6 is 11.6 Å². The predicted molar refractivity (Wildman–Crippen MR) is 63.9 cm³/mol. The van der Waals surface area contributed by atoms with E-state index in [0.717, 1.165) is 0 Å². The Kier molecular flexibility index (Phi) is 3.78. The topological polar surface area (TPSA) is 51.2 Å². The highest BCUT2D eigenvalue weighted by Crippen LogP contribution is 2.23. The fraction of sp³-hybridized carbons (Fsp3) is 0.167. The van der Waals surface area contributed by atoms with Gasteiger partial charge in [0.25, 0.3) is 0 Å². The van der Waals surface area contributed by atoms with Crippen molar-refractivity contribution in [3.8, 4) is 0 Å². The number of furan rings is 1. The Morgan fingerprint density at radius 3 is 2.65 bits per heavy atom. The summed E-state index contributed by atoms with van der Waals surface area (Å²) in [5.74, 6) is 5.76. The van der Waals surface area contributed by atoms with Crippen molar-refractivity contribution in [1.82, 2.24) is 5.43 Å². The average Bonchev–Trinajstić information content (AvgIpc) is 2.75. The normalized spacial score (nSPS) is 12.6. The van der Waals surface area contributed by atoms with Gasteiger partial charge in [-0.1, -0.05) is 18.2 Å². The maximum Gasteiger partial charge on any atom is 0.193 e. The van der Waals surface area contributed by atoms with E-state index in [0.29, 0.717) is 17.7 Å². The Morgan fingerprint density at radius 1 is 1.29 bits per heavy atom. The molecular weight excluding hydrogens is 243 g/mol. The molecule has 3 nitrogen and oxygen atoms in total. The van der Waals surface area contributed by atoms with E-state index in [1.807, 2.05) is 0 Å². The highest BCUT2D eigenvalue weighted by atomic mass is 35.5. The SMILES string of the molecule is NNC(Cc1ccccc1F)c1ccc(Cl)o1. The van der Waals surface area contributed by atoms with Gasteiger partial charge in [-0.3, -0.25) is 5.84 Å². The number of hydrazine groups is 1. The van der Waals surface area contributed by atoms with Gasteiger partial charge in [0, 0.05) is 0 Å². The van der Waals surface area contributed by atoms with Crippen molar-refractivity contribution in [1.29, 1.82) is 0 Å². The Balaban J connectivity index is 2.18. The van der Waals surface area contributed by atoms with Gasteiger partial charge in [0.2, 0.25) is 0 Å². The van der Waals surface area contributed by atoms with Crippen LogP contribution < -0.4 is 11.3 Å². The minimum atomic E-state index is -0.306. The van der Waals surface area contributed by atoms with E-state index in [-0.39, 0.29) is 17.1 Å². The van der Waals surface area contributed by atoms with Crippen LogP contribution in [0.1, 0.15) is 17.4 Å². The zero-order valence-corrected chi connectivity index (χ0v) is 9.75. The van der Waals surface area contributed by atoms with E-state index in [4.69, 9.17) is 21.9 Å². The van der Waals surface area contributed by atoms with E-state index in [2.05, 4.69) is 5.43 Å². The lowest BCUT2D eigenvalue weighted by Crippen LogP contribution is -2.29. The average molecular weight is 255 g/mol. The van der Waals surface area contributed by atoms with Crippen molar-refractivity contribution in [2.24, 2.45) is 5.84 Å². The Labute approximate surface area is 103 Å². The molecule has 1 aromatic heterocycles. The molecule has 3 N–H and O–H groups in total. The number of nitrogens with two attached hydrogens (primary N) is 1. The summed E-state index contributed by atoms with van der Waals surface area (Å²) in [6.07, 6.45) is 0.396. The third-order valence-electron chi connectivity index (χ3n) is 2.52. The van der Waals surface area contributed by atoms with Crippen LogP contribution in [-0.4, -0.2) is 0 Å². The summed E-state index contributed by atoms with van der Waals surface area (Å²) >= 11 is 5.69. The van der Waals surface area contributed by atoms with Crippen LogP contribution in [0.15, 0.2) is 40.8 Å². The monoisotopic (exact) mass is 254 g/mol. The molecule has 17 heavy (non-hydrogen) atoms. The van der Waals surface area contributed by atoms with E-state index < -0.39 is 0 Å². The number of rotatable bonds is 4. The molecule has 1 aromatic carbocycles. The van der Waals surface area contributed by atoms with Gasteiger partial charge < -0.3 is 4.42 Å². The van der Waals surface area contributed by atoms with Crippen LogP contribution in [-0.2, 0) is 6.42 Å². The van der Waals surface area contributed by atoms with Crippen molar-refractivity contribution in [2.45, 2.75) is 12.5 Å². The molecule has 0 saturated heterocycles. The largest absolute Gasteiger partial charge is 0.448 e. The van der Waals surface area contributed by atoms with Crippen molar-refractivity contribution < 1.29 is 8.81 Å². The fourth-order valence-electron chi connectivity index (χ4n) is 1.64. The van der Waals surface area contributed by atoms with Crippen LogP contribution in [0.25, 0.3) is 0 Å². The summed E-state index contributed by atoms with van der Waals surface area (Å²) < 4.78 is 18.7. The lowest BCUT2D eigenvalue weighted by atomic mass is 10.0. The van der Waals surface area contributed by atoms with Gasteiger partial charge in [-0.2, -0.15) is 0 Å². The molecule has 0 fully saturated rings. The standard InChI is InChI=1S/C12H12ClFN2O/c13-12-6-5-11(17-12)10(16-15)7-8-3-1-2-4-9(8)14/h1-6,10,16H,7,15H2. The zero-order valence-electron chi connectivity index (χ0n) is 8.99. The lowest BCUT2D eigenvalue weighted by Gasteiger charge is -2.13. The number of hydrogen-bond acceptors (Lipinski definition) is 3. The van der Waals surface area contributed by atoms with Gasteiger partial charge in [-0.05, 0) is 41.8 Å². The summed E-state index contributed by atoms with van der Waals surface area (Å²) in [5, 5.41) is 0.286. The minimum Gasteiger partial charge on any atom is -0.448 e. The molecule has 0 radical (unpaired) electrons. The Hall–Kier alpha value is -1.36. The van der Waals surface area contributed by atoms with Crippen LogP contribution in [0.3, 0.4) is 0 Å². The molecule has 0 bridgehead atoms. The molecule has 2 rings (SSSR count). The highest BCUT2D eigenvalue weighted by Gasteiger charge is 2.16. The van der Waals surface area contributed by atoms with Crippen LogP contribution in [0.2, 0.25) is 5.22 Å². The Bertz CT molecular complexity index is 501. The van der Waals surface area contributed by atoms with Crippen LogP contribution in [0.5, 0.6) is 0 Å². The first kappa shape index (κ1) is 12.1. The smallest absolute Gasteiger partial charge is 0.193 e. The van der Waals surface area contributed by atoms with Gasteiger partial charge in [0.1, 0.15) is 11.6 Å². The van der Waals surface area contributed by atoms with E-state index >= 15 is 0 Å². The van der Waals surface area contributed by atoms with Crippen molar-refractivity contribution >= 4 is 11.6 Å². The number of hydrogen-bond donors (Lipinski definition) is 2. The highest BCUT2D eigenvalue weighted by molar-refractivity contribution is 6.28. The molecule has 0 spiro atoms. The van der Waals surface area contributed by atoms with Crippen molar-refractivity contribution in [3.63, 3.8) is 0 Å². The number of benzene rings is 1. The van der Waals surface area contributed by atoms with Gasteiger partial charge >= 0.3 is 0 Å². The van der Waals surface area contributed by atoms with Gasteiger partial charge in [-0.25, -0.2) is 9.82 Å². The first-order chi connectivity index (χ1) is 8.20. The summed E-state index contributed by atoms with van der Waals surface area (Å²) in [6.45, 7) is 0. The lowest BCUT2D eigenvalue weighted by molar-refractivity contribution is 0.413. The summed E-state index contributed by atoms with van der Waals surface area (Å²) in [5.41, 5.74) is 3.16. The minimum absolute atomic E-state index is 0.259. The van der Waals surface area contributed by atoms with Crippen LogP contribution in [0, 0.1) is 5.82 Å². The third kappa shape index (κ3) is 2.85. The molecule has 0 aliphatic rings. The summed E-state index contributed by atoms with van der Waals surface area (Å²) in [6, 6.07) is 9.59. The molecule has 1 atom stereocenters. The third-order valence-corrected chi connectivity index (χ3v) is 2.72. The van der Waals surface area contributed by atoms with Gasteiger partial charge in [0.15, 0.2) is 5.22 Å². The summed E-state index contributed by atoms with van der Waals surface area (Å²) in [4.78, 5) is 0. The maximum atomic E-state index is 13.5. The molecule has 0 amide bonds. The van der Waals surface area contributed by atoms with Gasteiger partial charge in [0.05, 0.1) is 6.04 Å². The summed E-state index contributed by atoms with van der Waals surface area (Å²) in [7, 11) is 0. The maximum absolute atomic E-state index is 13.5. The molecule has 0 saturated carbocycles. The molecule has 1 unspecified atom stereocenters. The molecule has 1 heterocycles. The second kappa shape index (κ2) is 5.31.